The fraction of sp³-hybridized carbons (Fsp3) is 0.438. The van der Waals surface area contributed by atoms with Crippen molar-refractivity contribution >= 4 is 18.4 Å². The monoisotopic (exact) mass is 316 g/mol. The minimum absolute atomic E-state index is 0.448. The largest absolute Gasteiger partial charge is 0.497 e. The van der Waals surface area contributed by atoms with Crippen LogP contribution in [-0.2, 0) is 0 Å². The first-order valence-electron chi connectivity index (χ1n) is 7.63. The molecular weight excluding hydrogens is 296 g/mol. The van der Waals surface area contributed by atoms with Crippen LogP contribution < -0.4 is 4.74 Å². The predicted octanol–water partition coefficient (Wildman–Crippen LogP) is 3.88. The van der Waals surface area contributed by atoms with Gasteiger partial charge < -0.3 is 4.74 Å². The molecule has 0 aliphatic heterocycles. The number of methoxy groups -OCH3 is 1. The predicted molar refractivity (Wildman–Crippen MR) is 89.2 cm³/mol. The maximum absolute atomic E-state index is 5.31. The van der Waals surface area contributed by atoms with E-state index in [1.807, 2.05) is 24.3 Å². The van der Waals surface area contributed by atoms with E-state index in [2.05, 4.69) is 15.3 Å². The van der Waals surface area contributed by atoms with Gasteiger partial charge in [-0.1, -0.05) is 31.4 Å². The van der Waals surface area contributed by atoms with Crippen molar-refractivity contribution in [3.05, 3.63) is 40.4 Å². The van der Waals surface area contributed by atoms with E-state index in [4.69, 9.17) is 17.0 Å². The van der Waals surface area contributed by atoms with Gasteiger partial charge in [0.2, 0.25) is 4.77 Å². The van der Waals surface area contributed by atoms with Crippen molar-refractivity contribution in [2.45, 2.75) is 38.0 Å². The van der Waals surface area contributed by atoms with Crippen LogP contribution in [0.3, 0.4) is 0 Å². The Morgan fingerprint density at radius 3 is 2.95 bits per heavy atom. The lowest BCUT2D eigenvalue weighted by molar-refractivity contribution is 0.414. The number of nitrogens with one attached hydrogen (secondary N) is 1. The number of ether oxygens (including phenoxy) is 1. The third-order valence-electron chi connectivity index (χ3n) is 4.06. The molecule has 2 aromatic rings. The molecule has 22 heavy (non-hydrogen) atoms. The molecule has 1 aliphatic rings. The molecule has 3 rings (SSSR count). The normalized spacial score (nSPS) is 16.2. The Kier molecular flexibility index (Phi) is 4.68. The van der Waals surface area contributed by atoms with Gasteiger partial charge >= 0.3 is 0 Å². The summed E-state index contributed by atoms with van der Waals surface area (Å²) in [5, 5.41) is 11.8. The number of H-pyrrole nitrogens is 1. The van der Waals surface area contributed by atoms with Crippen LogP contribution in [0.2, 0.25) is 0 Å². The second-order valence-corrected chi connectivity index (χ2v) is 5.94. The van der Waals surface area contributed by atoms with Crippen molar-refractivity contribution in [2.24, 2.45) is 5.10 Å². The van der Waals surface area contributed by atoms with Gasteiger partial charge in [-0.05, 0) is 42.8 Å². The van der Waals surface area contributed by atoms with Crippen LogP contribution in [0.1, 0.15) is 49.4 Å². The fourth-order valence-corrected chi connectivity index (χ4v) is 3.07. The van der Waals surface area contributed by atoms with Gasteiger partial charge in [-0.15, -0.1) is 0 Å². The maximum Gasteiger partial charge on any atom is 0.216 e. The van der Waals surface area contributed by atoms with Gasteiger partial charge in [-0.2, -0.15) is 14.9 Å². The Morgan fingerprint density at radius 2 is 2.18 bits per heavy atom. The van der Waals surface area contributed by atoms with E-state index in [1.165, 1.54) is 19.3 Å². The van der Waals surface area contributed by atoms with E-state index in [0.29, 0.717) is 10.7 Å². The van der Waals surface area contributed by atoms with Gasteiger partial charge in [0.05, 0.1) is 13.3 Å². The van der Waals surface area contributed by atoms with Crippen LogP contribution in [0, 0.1) is 4.77 Å². The molecule has 5 nitrogen and oxygen atoms in total. The number of rotatable bonds is 4. The quantitative estimate of drug-likeness (QED) is 0.688. The number of aromatic nitrogens is 3. The highest BCUT2D eigenvalue weighted by Gasteiger charge is 2.21. The summed E-state index contributed by atoms with van der Waals surface area (Å²) in [5.41, 5.74) is 0.969. The molecule has 0 saturated heterocycles. The summed E-state index contributed by atoms with van der Waals surface area (Å²) >= 11 is 5.31. The third-order valence-corrected chi connectivity index (χ3v) is 4.33. The Labute approximate surface area is 135 Å². The lowest BCUT2D eigenvalue weighted by Gasteiger charge is -2.19. The molecule has 6 heteroatoms. The van der Waals surface area contributed by atoms with Crippen molar-refractivity contribution in [1.82, 2.24) is 14.9 Å². The zero-order chi connectivity index (χ0) is 15.4. The molecule has 1 saturated carbocycles. The summed E-state index contributed by atoms with van der Waals surface area (Å²) in [7, 11) is 1.66. The molecule has 1 aliphatic carbocycles. The van der Waals surface area contributed by atoms with E-state index < -0.39 is 0 Å². The SMILES string of the molecule is COc1cccc(C=Nn2c(C3CCCCC3)n[nH]c2=S)c1. The van der Waals surface area contributed by atoms with Gasteiger partial charge in [0, 0.05) is 5.92 Å². The highest BCUT2D eigenvalue weighted by molar-refractivity contribution is 7.71. The summed E-state index contributed by atoms with van der Waals surface area (Å²) < 4.78 is 7.52. The first kappa shape index (κ1) is 15.0. The summed E-state index contributed by atoms with van der Waals surface area (Å²) in [5.74, 6) is 2.21. The summed E-state index contributed by atoms with van der Waals surface area (Å²) in [6.45, 7) is 0. The van der Waals surface area contributed by atoms with E-state index >= 15 is 0 Å². The van der Waals surface area contributed by atoms with Crippen molar-refractivity contribution in [1.29, 1.82) is 0 Å². The molecule has 0 spiro atoms. The maximum atomic E-state index is 5.31. The lowest BCUT2D eigenvalue weighted by Crippen LogP contribution is -2.10. The molecular formula is C16H20N4OS. The highest BCUT2D eigenvalue weighted by Crippen LogP contribution is 2.31. The third kappa shape index (κ3) is 3.27. The molecule has 0 atom stereocenters. The highest BCUT2D eigenvalue weighted by atomic mass is 32.1. The van der Waals surface area contributed by atoms with E-state index in [0.717, 1.165) is 30.0 Å². The Bertz CT molecular complexity index is 713. The van der Waals surface area contributed by atoms with Gasteiger partial charge in [0.15, 0.2) is 5.82 Å². The minimum atomic E-state index is 0.448. The molecule has 1 heterocycles. The van der Waals surface area contributed by atoms with Gasteiger partial charge in [0.25, 0.3) is 0 Å². The molecule has 0 radical (unpaired) electrons. The molecule has 1 fully saturated rings. The van der Waals surface area contributed by atoms with Gasteiger partial charge in [-0.25, -0.2) is 0 Å². The first-order valence-corrected chi connectivity index (χ1v) is 8.04. The van der Waals surface area contributed by atoms with E-state index in [-0.39, 0.29) is 0 Å². The summed E-state index contributed by atoms with van der Waals surface area (Å²) in [4.78, 5) is 0. The van der Waals surface area contributed by atoms with Crippen molar-refractivity contribution < 1.29 is 4.74 Å². The Morgan fingerprint density at radius 1 is 1.36 bits per heavy atom. The molecule has 1 aromatic carbocycles. The standard InChI is InChI=1S/C16H20N4OS/c1-21-14-9-5-6-12(10-14)11-17-20-15(18-19-16(20)22)13-7-3-2-4-8-13/h5-6,9-11,13H,2-4,7-8H2,1H3,(H,19,22). The zero-order valence-corrected chi connectivity index (χ0v) is 13.5. The average molecular weight is 316 g/mol. The van der Waals surface area contributed by atoms with Gasteiger partial charge in [0.1, 0.15) is 5.75 Å². The van der Waals surface area contributed by atoms with Crippen molar-refractivity contribution in [2.75, 3.05) is 7.11 Å². The van der Waals surface area contributed by atoms with E-state index in [1.54, 1.807) is 18.0 Å². The first-order chi connectivity index (χ1) is 10.8. The summed E-state index contributed by atoms with van der Waals surface area (Å²) in [6.07, 6.45) is 7.94. The molecule has 0 bridgehead atoms. The number of aromatic amines is 1. The van der Waals surface area contributed by atoms with Crippen molar-refractivity contribution in [3.8, 4) is 5.75 Å². The molecule has 0 unspecified atom stereocenters. The van der Waals surface area contributed by atoms with Crippen molar-refractivity contribution in [3.63, 3.8) is 0 Å². The van der Waals surface area contributed by atoms with Crippen LogP contribution >= 0.6 is 12.2 Å². The van der Waals surface area contributed by atoms with E-state index in [9.17, 15) is 0 Å². The molecule has 0 amide bonds. The summed E-state index contributed by atoms with van der Waals surface area (Å²) in [6, 6.07) is 7.77. The number of hydrogen-bond acceptors (Lipinski definition) is 4. The zero-order valence-electron chi connectivity index (χ0n) is 12.7. The number of hydrogen-bond donors (Lipinski definition) is 1. The number of nitrogens with zero attached hydrogens (tertiary/aromatic N) is 3. The molecule has 116 valence electrons. The Balaban J connectivity index is 1.86. The second-order valence-electron chi connectivity index (χ2n) is 5.55. The second kappa shape index (κ2) is 6.87. The topological polar surface area (TPSA) is 55.2 Å². The minimum Gasteiger partial charge on any atom is -0.497 e. The van der Waals surface area contributed by atoms with Crippen LogP contribution in [0.15, 0.2) is 29.4 Å². The molecule has 1 N–H and O–H groups in total. The van der Waals surface area contributed by atoms with Crippen LogP contribution in [0.5, 0.6) is 5.75 Å². The molecule has 1 aromatic heterocycles. The van der Waals surface area contributed by atoms with Crippen LogP contribution in [-0.4, -0.2) is 28.2 Å². The average Bonchev–Trinajstić information content (AvgIpc) is 2.95. The number of benzene rings is 1. The smallest absolute Gasteiger partial charge is 0.216 e. The van der Waals surface area contributed by atoms with Gasteiger partial charge in [-0.3, -0.25) is 5.10 Å². The lowest BCUT2D eigenvalue weighted by atomic mass is 9.89. The fourth-order valence-electron chi connectivity index (χ4n) is 2.89. The Hall–Kier alpha value is -1.95. The van der Waals surface area contributed by atoms with Crippen LogP contribution in [0.4, 0.5) is 0 Å². The van der Waals surface area contributed by atoms with Crippen LogP contribution in [0.25, 0.3) is 0 Å².